The van der Waals surface area contributed by atoms with Crippen LogP contribution in [-0.4, -0.2) is 24.9 Å². The van der Waals surface area contributed by atoms with Crippen molar-refractivity contribution in [3.63, 3.8) is 0 Å². The van der Waals surface area contributed by atoms with Crippen molar-refractivity contribution in [1.29, 1.82) is 0 Å². The van der Waals surface area contributed by atoms with Crippen molar-refractivity contribution in [2.45, 2.75) is 32.7 Å². The van der Waals surface area contributed by atoms with Gasteiger partial charge < -0.3 is 15.2 Å². The smallest absolute Gasteiger partial charge is 0.124 e. The maximum absolute atomic E-state index is 9.64. The van der Waals surface area contributed by atoms with Crippen LogP contribution in [0.5, 0.6) is 5.75 Å². The van der Waals surface area contributed by atoms with E-state index in [0.29, 0.717) is 6.61 Å². The molecule has 0 aliphatic rings. The van der Waals surface area contributed by atoms with E-state index in [1.807, 2.05) is 38.1 Å². The molecule has 17 heavy (non-hydrogen) atoms. The van der Waals surface area contributed by atoms with Crippen molar-refractivity contribution >= 4 is 0 Å². The maximum atomic E-state index is 9.64. The molecule has 1 atom stereocenters. The number of aliphatic hydroxyl groups excluding tert-OH is 1. The Morgan fingerprint density at radius 2 is 2.00 bits per heavy atom. The van der Waals surface area contributed by atoms with E-state index in [1.165, 1.54) is 0 Å². The fourth-order valence-electron chi connectivity index (χ4n) is 1.84. The molecule has 3 nitrogen and oxygen atoms in total. The molecule has 0 aliphatic carbocycles. The first-order chi connectivity index (χ1) is 8.18. The number of aliphatic hydroxyl groups is 1. The number of ether oxygens (including phenoxy) is 1. The van der Waals surface area contributed by atoms with Crippen LogP contribution in [0.15, 0.2) is 24.3 Å². The topological polar surface area (TPSA) is 41.5 Å². The zero-order valence-corrected chi connectivity index (χ0v) is 11.0. The molecule has 2 N–H and O–H groups in total. The fourth-order valence-corrected chi connectivity index (χ4v) is 1.84. The maximum Gasteiger partial charge on any atom is 0.124 e. The largest absolute Gasteiger partial charge is 0.494 e. The van der Waals surface area contributed by atoms with Crippen molar-refractivity contribution in [2.75, 3.05) is 19.8 Å². The van der Waals surface area contributed by atoms with Crippen LogP contribution < -0.4 is 10.1 Å². The molecule has 0 amide bonds. The summed E-state index contributed by atoms with van der Waals surface area (Å²) in [6, 6.07) is 7.87. The minimum Gasteiger partial charge on any atom is -0.494 e. The zero-order chi connectivity index (χ0) is 12.7. The third-order valence-corrected chi connectivity index (χ3v) is 2.86. The summed E-state index contributed by atoms with van der Waals surface area (Å²) in [6.07, 6.45) is 1.03. The van der Waals surface area contributed by atoms with Crippen LogP contribution in [0.1, 0.15) is 32.8 Å². The van der Waals surface area contributed by atoms with Gasteiger partial charge in [0.25, 0.3) is 0 Å². The number of benzene rings is 1. The van der Waals surface area contributed by atoms with Gasteiger partial charge in [0.2, 0.25) is 0 Å². The SMILES string of the molecule is CCCNC(C)(CO)c1ccccc1OCC. The van der Waals surface area contributed by atoms with E-state index in [9.17, 15) is 5.11 Å². The molecule has 1 aromatic carbocycles. The van der Waals surface area contributed by atoms with Crippen molar-refractivity contribution in [1.82, 2.24) is 5.32 Å². The van der Waals surface area contributed by atoms with Crippen LogP contribution in [-0.2, 0) is 5.54 Å². The molecule has 0 bridgehead atoms. The normalized spacial score (nSPS) is 14.4. The van der Waals surface area contributed by atoms with Crippen LogP contribution in [0, 0.1) is 0 Å². The fraction of sp³-hybridized carbons (Fsp3) is 0.571. The first-order valence-electron chi connectivity index (χ1n) is 6.26. The summed E-state index contributed by atoms with van der Waals surface area (Å²) < 4.78 is 5.61. The first-order valence-corrected chi connectivity index (χ1v) is 6.26. The van der Waals surface area contributed by atoms with E-state index in [1.54, 1.807) is 0 Å². The Balaban J connectivity index is 3.01. The number of rotatable bonds is 7. The molecule has 0 saturated heterocycles. The lowest BCUT2D eigenvalue weighted by Crippen LogP contribution is -2.43. The molecule has 0 spiro atoms. The second kappa shape index (κ2) is 6.62. The lowest BCUT2D eigenvalue weighted by Gasteiger charge is -2.31. The highest BCUT2D eigenvalue weighted by Gasteiger charge is 2.27. The molecular formula is C14H23NO2. The number of para-hydroxylation sites is 1. The molecule has 1 rings (SSSR count). The zero-order valence-electron chi connectivity index (χ0n) is 11.0. The van der Waals surface area contributed by atoms with Gasteiger partial charge in [0, 0.05) is 5.56 Å². The summed E-state index contributed by atoms with van der Waals surface area (Å²) in [7, 11) is 0. The number of hydrogen-bond donors (Lipinski definition) is 2. The van der Waals surface area contributed by atoms with Gasteiger partial charge in [-0.1, -0.05) is 25.1 Å². The standard InChI is InChI=1S/C14H23NO2/c1-4-10-15-14(3,11-16)12-8-6-7-9-13(12)17-5-2/h6-9,15-16H,4-5,10-11H2,1-3H3. The van der Waals surface area contributed by atoms with Gasteiger partial charge in [-0.25, -0.2) is 0 Å². The van der Waals surface area contributed by atoms with Gasteiger partial charge in [-0.15, -0.1) is 0 Å². The third kappa shape index (κ3) is 3.45. The van der Waals surface area contributed by atoms with Crippen LogP contribution in [0.25, 0.3) is 0 Å². The molecule has 0 aliphatic heterocycles. The second-order valence-electron chi connectivity index (χ2n) is 4.35. The Labute approximate surface area is 104 Å². The lowest BCUT2D eigenvalue weighted by molar-refractivity contribution is 0.170. The van der Waals surface area contributed by atoms with Crippen LogP contribution in [0.4, 0.5) is 0 Å². The molecule has 0 saturated carbocycles. The molecule has 1 unspecified atom stereocenters. The predicted molar refractivity (Wildman–Crippen MR) is 70.3 cm³/mol. The van der Waals surface area contributed by atoms with Gasteiger partial charge in [-0.3, -0.25) is 0 Å². The Hall–Kier alpha value is -1.06. The van der Waals surface area contributed by atoms with Gasteiger partial charge in [0.05, 0.1) is 18.8 Å². The molecule has 0 fully saturated rings. The monoisotopic (exact) mass is 237 g/mol. The summed E-state index contributed by atoms with van der Waals surface area (Å²) in [5.41, 5.74) is 0.569. The molecule has 3 heteroatoms. The Kier molecular flexibility index (Phi) is 5.45. The number of nitrogens with one attached hydrogen (secondary N) is 1. The van der Waals surface area contributed by atoms with Gasteiger partial charge in [0.15, 0.2) is 0 Å². The molecule has 0 heterocycles. The predicted octanol–water partition coefficient (Wildman–Crippen LogP) is 2.29. The molecule has 0 aromatic heterocycles. The Morgan fingerprint density at radius 3 is 2.59 bits per heavy atom. The summed E-state index contributed by atoms with van der Waals surface area (Å²) >= 11 is 0. The van der Waals surface area contributed by atoms with Crippen LogP contribution in [0.2, 0.25) is 0 Å². The highest BCUT2D eigenvalue weighted by Crippen LogP contribution is 2.29. The summed E-state index contributed by atoms with van der Waals surface area (Å²) in [4.78, 5) is 0. The van der Waals surface area contributed by atoms with E-state index < -0.39 is 5.54 Å². The summed E-state index contributed by atoms with van der Waals surface area (Å²) in [5, 5.41) is 13.0. The Morgan fingerprint density at radius 1 is 1.29 bits per heavy atom. The average Bonchev–Trinajstić information content (AvgIpc) is 2.37. The summed E-state index contributed by atoms with van der Waals surface area (Å²) in [6.45, 7) is 7.63. The Bertz CT molecular complexity index is 341. The molecular weight excluding hydrogens is 214 g/mol. The van der Waals surface area contributed by atoms with E-state index in [0.717, 1.165) is 24.3 Å². The van der Waals surface area contributed by atoms with Gasteiger partial charge in [-0.05, 0) is 32.9 Å². The molecule has 96 valence electrons. The lowest BCUT2D eigenvalue weighted by atomic mass is 9.92. The average molecular weight is 237 g/mol. The quantitative estimate of drug-likeness (QED) is 0.764. The third-order valence-electron chi connectivity index (χ3n) is 2.86. The van der Waals surface area contributed by atoms with E-state index in [2.05, 4.69) is 12.2 Å². The van der Waals surface area contributed by atoms with Crippen molar-refractivity contribution in [3.05, 3.63) is 29.8 Å². The highest BCUT2D eigenvalue weighted by atomic mass is 16.5. The first kappa shape index (κ1) is 14.0. The number of hydrogen-bond acceptors (Lipinski definition) is 3. The van der Waals surface area contributed by atoms with Crippen molar-refractivity contribution in [2.24, 2.45) is 0 Å². The van der Waals surface area contributed by atoms with Gasteiger partial charge in [-0.2, -0.15) is 0 Å². The minimum absolute atomic E-state index is 0.0527. The molecule has 1 aromatic rings. The minimum atomic E-state index is -0.443. The van der Waals surface area contributed by atoms with Gasteiger partial charge in [0.1, 0.15) is 5.75 Å². The van der Waals surface area contributed by atoms with Gasteiger partial charge >= 0.3 is 0 Å². The van der Waals surface area contributed by atoms with E-state index in [-0.39, 0.29) is 6.61 Å². The van der Waals surface area contributed by atoms with Crippen LogP contribution in [0.3, 0.4) is 0 Å². The summed E-state index contributed by atoms with van der Waals surface area (Å²) in [5.74, 6) is 0.843. The molecule has 0 radical (unpaired) electrons. The second-order valence-corrected chi connectivity index (χ2v) is 4.35. The van der Waals surface area contributed by atoms with E-state index >= 15 is 0 Å². The van der Waals surface area contributed by atoms with Crippen LogP contribution >= 0.6 is 0 Å². The highest BCUT2D eigenvalue weighted by molar-refractivity contribution is 5.39. The van der Waals surface area contributed by atoms with E-state index in [4.69, 9.17) is 4.74 Å². The van der Waals surface area contributed by atoms with Crippen molar-refractivity contribution in [3.8, 4) is 5.75 Å². The van der Waals surface area contributed by atoms with Crippen molar-refractivity contribution < 1.29 is 9.84 Å².